The summed E-state index contributed by atoms with van der Waals surface area (Å²) in [4.78, 5) is 10.9. The monoisotopic (exact) mass is 167 g/mol. The molecule has 0 radical (unpaired) electrons. The Morgan fingerprint density at radius 3 is 2.50 bits per heavy atom. The maximum Gasteiger partial charge on any atom is 0.164 e. The lowest BCUT2D eigenvalue weighted by molar-refractivity contribution is 0.101. The molecule has 0 aliphatic rings. The topological polar surface area (TPSA) is 43.1 Å². The molecule has 2 N–H and O–H groups in total. The zero-order chi connectivity index (χ0) is 9.30. The first kappa shape index (κ1) is 8.71. The van der Waals surface area contributed by atoms with Gasteiger partial charge in [0.05, 0.1) is 5.56 Å². The second-order valence-electron chi connectivity index (χ2n) is 2.77. The van der Waals surface area contributed by atoms with Crippen LogP contribution in [0.2, 0.25) is 0 Å². The van der Waals surface area contributed by atoms with Gasteiger partial charge in [-0.3, -0.25) is 4.79 Å². The van der Waals surface area contributed by atoms with Crippen LogP contribution in [0.3, 0.4) is 0 Å². The van der Waals surface area contributed by atoms with Gasteiger partial charge in [0.2, 0.25) is 0 Å². The second-order valence-corrected chi connectivity index (χ2v) is 2.77. The molecule has 0 atom stereocenters. The van der Waals surface area contributed by atoms with Gasteiger partial charge in [-0.05, 0) is 31.5 Å². The van der Waals surface area contributed by atoms with Crippen molar-refractivity contribution in [1.82, 2.24) is 0 Å². The molecule has 0 aromatic heterocycles. The van der Waals surface area contributed by atoms with E-state index in [-0.39, 0.29) is 17.0 Å². The van der Waals surface area contributed by atoms with Crippen molar-refractivity contribution >= 4 is 11.5 Å². The lowest BCUT2D eigenvalue weighted by Crippen LogP contribution is -2.03. The Hall–Kier alpha value is -1.38. The quantitative estimate of drug-likeness (QED) is 0.513. The van der Waals surface area contributed by atoms with Crippen molar-refractivity contribution in [2.24, 2.45) is 0 Å². The zero-order valence-electron chi connectivity index (χ0n) is 7.02. The molecule has 0 amide bonds. The predicted octanol–water partition coefficient (Wildman–Crippen LogP) is 1.92. The Morgan fingerprint density at radius 2 is 2.08 bits per heavy atom. The van der Waals surface area contributed by atoms with Crippen molar-refractivity contribution in [2.75, 3.05) is 5.73 Å². The molecule has 1 aromatic rings. The van der Waals surface area contributed by atoms with Gasteiger partial charge in [0, 0.05) is 5.69 Å². The maximum absolute atomic E-state index is 13.1. The van der Waals surface area contributed by atoms with Crippen LogP contribution < -0.4 is 5.73 Å². The number of carbonyl (C=O) groups excluding carboxylic acids is 1. The first-order valence-electron chi connectivity index (χ1n) is 3.59. The Labute approximate surface area is 70.2 Å². The van der Waals surface area contributed by atoms with Crippen LogP contribution in [0, 0.1) is 12.7 Å². The highest BCUT2D eigenvalue weighted by molar-refractivity contribution is 5.99. The number of nitrogens with two attached hydrogens (primary N) is 1. The SMILES string of the molecule is CC(=O)c1c(N)cc(C)cc1F. The summed E-state index contributed by atoms with van der Waals surface area (Å²) in [6.45, 7) is 3.02. The summed E-state index contributed by atoms with van der Waals surface area (Å²) in [6.07, 6.45) is 0. The first-order valence-corrected chi connectivity index (χ1v) is 3.59. The lowest BCUT2D eigenvalue weighted by Gasteiger charge is -2.04. The van der Waals surface area contributed by atoms with Crippen LogP contribution in [-0.2, 0) is 0 Å². The standard InChI is InChI=1S/C9H10FNO/c1-5-3-7(10)9(6(2)12)8(11)4-5/h3-4H,11H2,1-2H3. The second kappa shape index (κ2) is 2.93. The Morgan fingerprint density at radius 1 is 1.50 bits per heavy atom. The van der Waals surface area contributed by atoms with E-state index in [4.69, 9.17) is 5.73 Å². The van der Waals surface area contributed by atoms with E-state index in [1.807, 2.05) is 0 Å². The van der Waals surface area contributed by atoms with Crippen molar-refractivity contribution < 1.29 is 9.18 Å². The number of ketones is 1. The molecule has 0 heterocycles. The number of benzene rings is 1. The molecule has 0 bridgehead atoms. The molecule has 0 spiro atoms. The van der Waals surface area contributed by atoms with Crippen LogP contribution in [0.5, 0.6) is 0 Å². The minimum atomic E-state index is -0.542. The maximum atomic E-state index is 13.1. The number of hydrogen-bond acceptors (Lipinski definition) is 2. The van der Waals surface area contributed by atoms with Crippen LogP contribution in [0.25, 0.3) is 0 Å². The molecule has 1 aromatic carbocycles. The van der Waals surface area contributed by atoms with E-state index in [9.17, 15) is 9.18 Å². The van der Waals surface area contributed by atoms with Crippen LogP contribution in [-0.4, -0.2) is 5.78 Å². The molecule has 3 heteroatoms. The van der Waals surface area contributed by atoms with Crippen LogP contribution in [0.1, 0.15) is 22.8 Å². The van der Waals surface area contributed by atoms with Crippen LogP contribution in [0.15, 0.2) is 12.1 Å². The summed E-state index contributed by atoms with van der Waals surface area (Å²) in [5.74, 6) is -0.884. The largest absolute Gasteiger partial charge is 0.398 e. The molecule has 0 saturated carbocycles. The van der Waals surface area contributed by atoms with Crippen molar-refractivity contribution in [3.8, 4) is 0 Å². The lowest BCUT2D eigenvalue weighted by atomic mass is 10.1. The van der Waals surface area contributed by atoms with E-state index < -0.39 is 5.82 Å². The van der Waals surface area contributed by atoms with Gasteiger partial charge in [-0.25, -0.2) is 4.39 Å². The van der Waals surface area contributed by atoms with E-state index in [1.54, 1.807) is 13.0 Å². The summed E-state index contributed by atoms with van der Waals surface area (Å²) < 4.78 is 13.1. The molecule has 64 valence electrons. The average Bonchev–Trinajstić information content (AvgIpc) is 1.82. The van der Waals surface area contributed by atoms with E-state index in [0.717, 1.165) is 5.56 Å². The molecule has 0 aliphatic heterocycles. The van der Waals surface area contributed by atoms with Crippen molar-refractivity contribution in [2.45, 2.75) is 13.8 Å². The van der Waals surface area contributed by atoms with E-state index in [1.165, 1.54) is 13.0 Å². The van der Waals surface area contributed by atoms with E-state index in [2.05, 4.69) is 0 Å². The fourth-order valence-corrected chi connectivity index (χ4v) is 1.14. The van der Waals surface area contributed by atoms with Gasteiger partial charge in [-0.15, -0.1) is 0 Å². The molecule has 12 heavy (non-hydrogen) atoms. The molecular weight excluding hydrogens is 157 g/mol. The fraction of sp³-hybridized carbons (Fsp3) is 0.222. The van der Waals surface area contributed by atoms with Gasteiger partial charge in [0.25, 0.3) is 0 Å². The third kappa shape index (κ3) is 1.44. The van der Waals surface area contributed by atoms with Gasteiger partial charge in [0.1, 0.15) is 5.82 Å². The van der Waals surface area contributed by atoms with E-state index >= 15 is 0 Å². The van der Waals surface area contributed by atoms with Gasteiger partial charge in [-0.2, -0.15) is 0 Å². The molecule has 2 nitrogen and oxygen atoms in total. The van der Waals surface area contributed by atoms with Crippen molar-refractivity contribution in [3.05, 3.63) is 29.1 Å². The minimum absolute atomic E-state index is 0.0133. The molecule has 1 rings (SSSR count). The molecular formula is C9H10FNO. The Balaban J connectivity index is 3.38. The normalized spacial score (nSPS) is 9.92. The van der Waals surface area contributed by atoms with Crippen molar-refractivity contribution in [3.63, 3.8) is 0 Å². The summed E-state index contributed by atoms with van der Waals surface area (Å²) in [5.41, 5.74) is 6.37. The van der Waals surface area contributed by atoms with Gasteiger partial charge in [-0.1, -0.05) is 0 Å². The Kier molecular flexibility index (Phi) is 2.13. The van der Waals surface area contributed by atoms with Gasteiger partial charge in [0.15, 0.2) is 5.78 Å². The highest BCUT2D eigenvalue weighted by Crippen LogP contribution is 2.18. The molecule has 0 saturated heterocycles. The van der Waals surface area contributed by atoms with Crippen molar-refractivity contribution in [1.29, 1.82) is 0 Å². The molecule has 0 aliphatic carbocycles. The summed E-state index contributed by atoms with van der Waals surface area (Å²) in [5, 5.41) is 0. The summed E-state index contributed by atoms with van der Waals surface area (Å²) in [7, 11) is 0. The number of rotatable bonds is 1. The highest BCUT2D eigenvalue weighted by Gasteiger charge is 2.11. The number of Topliss-reactive ketones (excluding diaryl/α,β-unsaturated/α-hetero) is 1. The van der Waals surface area contributed by atoms with Crippen LogP contribution >= 0.6 is 0 Å². The number of anilines is 1. The average molecular weight is 167 g/mol. The van der Waals surface area contributed by atoms with E-state index in [0.29, 0.717) is 0 Å². The molecule has 0 unspecified atom stereocenters. The number of carbonyl (C=O) groups is 1. The van der Waals surface area contributed by atoms with Crippen LogP contribution in [0.4, 0.5) is 10.1 Å². The first-order chi connectivity index (χ1) is 5.52. The summed E-state index contributed by atoms with van der Waals surface area (Å²) >= 11 is 0. The smallest absolute Gasteiger partial charge is 0.164 e. The number of nitrogen functional groups attached to an aromatic ring is 1. The third-order valence-corrected chi connectivity index (χ3v) is 1.62. The molecule has 0 fully saturated rings. The summed E-state index contributed by atoms with van der Waals surface area (Å²) in [6, 6.07) is 2.88. The highest BCUT2D eigenvalue weighted by atomic mass is 19.1. The van der Waals surface area contributed by atoms with Gasteiger partial charge >= 0.3 is 0 Å². The fourth-order valence-electron chi connectivity index (χ4n) is 1.14. The Bertz CT molecular complexity index is 310. The predicted molar refractivity (Wildman–Crippen MR) is 45.6 cm³/mol. The number of aryl methyl sites for hydroxylation is 1. The minimum Gasteiger partial charge on any atom is -0.398 e. The zero-order valence-corrected chi connectivity index (χ0v) is 7.02. The number of hydrogen-bond donors (Lipinski definition) is 1. The third-order valence-electron chi connectivity index (χ3n) is 1.62. The van der Waals surface area contributed by atoms with Gasteiger partial charge < -0.3 is 5.73 Å². The number of halogens is 1.